The normalized spacial score (nSPS) is 24.4. The number of likely N-dealkylation sites (N-methyl/N-ethyl adjacent to an activating group) is 1. The lowest BCUT2D eigenvalue weighted by Gasteiger charge is -2.27. The fraction of sp³-hybridized carbons (Fsp3) is 1.00. The molecule has 1 fully saturated rings. The van der Waals surface area contributed by atoms with Crippen molar-refractivity contribution in [3.63, 3.8) is 0 Å². The van der Waals surface area contributed by atoms with Gasteiger partial charge < -0.3 is 9.64 Å². The maximum absolute atomic E-state index is 5.39. The van der Waals surface area contributed by atoms with Crippen molar-refractivity contribution in [3.8, 4) is 0 Å². The quantitative estimate of drug-likeness (QED) is 0.684. The summed E-state index contributed by atoms with van der Waals surface area (Å²) in [5.41, 5.74) is 0. The Bertz CT molecular complexity index is 148. The summed E-state index contributed by atoms with van der Waals surface area (Å²) in [7, 11) is 2.21. The van der Waals surface area contributed by atoms with Crippen LogP contribution in [0.3, 0.4) is 0 Å². The fourth-order valence-corrected chi connectivity index (χ4v) is 2.37. The second-order valence-electron chi connectivity index (χ2n) is 4.29. The molecule has 1 aliphatic heterocycles. The maximum Gasteiger partial charge on any atom is 0.0622 e. The van der Waals surface area contributed by atoms with Crippen LogP contribution in [-0.4, -0.2) is 43.5 Å². The summed E-state index contributed by atoms with van der Waals surface area (Å²) in [6.07, 6.45) is 3.75. The molecule has 0 aromatic rings. The van der Waals surface area contributed by atoms with E-state index in [0.717, 1.165) is 24.9 Å². The van der Waals surface area contributed by atoms with Gasteiger partial charge in [0.25, 0.3) is 0 Å². The van der Waals surface area contributed by atoms with Gasteiger partial charge in [-0.3, -0.25) is 0 Å². The third-order valence-corrected chi connectivity index (χ3v) is 3.55. The number of ether oxygens (including phenoxy) is 1. The largest absolute Gasteiger partial charge is 0.380 e. The molecular formula is C11H23NOS. The monoisotopic (exact) mass is 217 g/mol. The molecule has 2 unspecified atom stereocenters. The van der Waals surface area contributed by atoms with E-state index in [1.54, 1.807) is 0 Å². The third-order valence-electron chi connectivity index (χ3n) is 3.03. The van der Waals surface area contributed by atoms with Crippen molar-refractivity contribution >= 4 is 12.6 Å². The van der Waals surface area contributed by atoms with E-state index in [1.807, 2.05) is 0 Å². The molecule has 0 aromatic heterocycles. The molecule has 14 heavy (non-hydrogen) atoms. The van der Waals surface area contributed by atoms with Crippen LogP contribution in [-0.2, 0) is 4.74 Å². The molecule has 0 N–H and O–H groups in total. The molecule has 1 saturated heterocycles. The first-order valence-corrected chi connectivity index (χ1v) is 6.30. The lowest BCUT2D eigenvalue weighted by Crippen LogP contribution is -2.36. The van der Waals surface area contributed by atoms with Gasteiger partial charge in [0.15, 0.2) is 0 Å². The molecular weight excluding hydrogens is 194 g/mol. The minimum Gasteiger partial charge on any atom is -0.380 e. The first-order chi connectivity index (χ1) is 6.77. The number of thiol groups is 1. The van der Waals surface area contributed by atoms with Gasteiger partial charge in [-0.1, -0.05) is 13.3 Å². The summed E-state index contributed by atoms with van der Waals surface area (Å²) in [6.45, 7) is 5.27. The molecule has 0 radical (unpaired) electrons. The van der Waals surface area contributed by atoms with Gasteiger partial charge in [-0.05, 0) is 31.6 Å². The van der Waals surface area contributed by atoms with Crippen LogP contribution < -0.4 is 0 Å². The highest BCUT2D eigenvalue weighted by Gasteiger charge is 2.21. The zero-order chi connectivity index (χ0) is 10.4. The summed E-state index contributed by atoms with van der Waals surface area (Å²) >= 11 is 4.41. The van der Waals surface area contributed by atoms with Gasteiger partial charge in [0.05, 0.1) is 6.61 Å². The standard InChI is InChI=1S/C11H23NOS/c1-3-4-10(9-14)7-12(2)11-5-6-13-8-11/h10-11,14H,3-9H2,1-2H3. The highest BCUT2D eigenvalue weighted by atomic mass is 32.1. The lowest BCUT2D eigenvalue weighted by molar-refractivity contribution is 0.150. The molecule has 1 rings (SSSR count). The average Bonchev–Trinajstić information content (AvgIpc) is 2.69. The average molecular weight is 217 g/mol. The summed E-state index contributed by atoms with van der Waals surface area (Å²) < 4.78 is 5.39. The minimum absolute atomic E-state index is 0.647. The van der Waals surface area contributed by atoms with Crippen LogP contribution in [0.4, 0.5) is 0 Å². The molecule has 2 nitrogen and oxygen atoms in total. The Morgan fingerprint density at radius 3 is 2.86 bits per heavy atom. The molecule has 0 bridgehead atoms. The van der Waals surface area contributed by atoms with Crippen molar-refractivity contribution in [3.05, 3.63) is 0 Å². The molecule has 2 atom stereocenters. The van der Waals surface area contributed by atoms with Gasteiger partial charge in [0, 0.05) is 19.2 Å². The van der Waals surface area contributed by atoms with Crippen LogP contribution >= 0.6 is 12.6 Å². The Hall–Kier alpha value is 0.270. The van der Waals surface area contributed by atoms with E-state index in [0.29, 0.717) is 6.04 Å². The van der Waals surface area contributed by atoms with E-state index in [-0.39, 0.29) is 0 Å². The highest BCUT2D eigenvalue weighted by molar-refractivity contribution is 7.80. The van der Waals surface area contributed by atoms with Crippen LogP contribution in [0.2, 0.25) is 0 Å². The molecule has 0 aliphatic carbocycles. The number of nitrogens with zero attached hydrogens (tertiary/aromatic N) is 1. The molecule has 1 heterocycles. The van der Waals surface area contributed by atoms with Gasteiger partial charge in [-0.15, -0.1) is 0 Å². The Balaban J connectivity index is 2.25. The highest BCUT2D eigenvalue weighted by Crippen LogP contribution is 2.15. The summed E-state index contributed by atoms with van der Waals surface area (Å²) in [5, 5.41) is 0. The Morgan fingerprint density at radius 2 is 2.36 bits per heavy atom. The smallest absolute Gasteiger partial charge is 0.0622 e. The van der Waals surface area contributed by atoms with Gasteiger partial charge in [-0.2, -0.15) is 12.6 Å². The zero-order valence-electron chi connectivity index (χ0n) is 9.41. The van der Waals surface area contributed by atoms with E-state index < -0.39 is 0 Å². The fourth-order valence-electron chi connectivity index (χ4n) is 2.07. The van der Waals surface area contributed by atoms with E-state index in [9.17, 15) is 0 Å². The number of hydrogen-bond acceptors (Lipinski definition) is 3. The summed E-state index contributed by atoms with van der Waals surface area (Å²) in [6, 6.07) is 0.647. The lowest BCUT2D eigenvalue weighted by atomic mass is 10.0. The molecule has 0 aromatic carbocycles. The van der Waals surface area contributed by atoms with Gasteiger partial charge >= 0.3 is 0 Å². The van der Waals surface area contributed by atoms with Crippen molar-refractivity contribution in [2.45, 2.75) is 32.2 Å². The van der Waals surface area contributed by atoms with Crippen molar-refractivity contribution < 1.29 is 4.74 Å². The molecule has 0 saturated carbocycles. The third kappa shape index (κ3) is 3.79. The second kappa shape index (κ2) is 6.70. The summed E-state index contributed by atoms with van der Waals surface area (Å²) in [4.78, 5) is 2.45. The number of hydrogen-bond donors (Lipinski definition) is 1. The molecule has 84 valence electrons. The van der Waals surface area contributed by atoms with Crippen molar-refractivity contribution in [1.29, 1.82) is 0 Å². The number of rotatable bonds is 6. The van der Waals surface area contributed by atoms with E-state index in [1.165, 1.54) is 25.8 Å². The van der Waals surface area contributed by atoms with Crippen LogP contribution in [0.5, 0.6) is 0 Å². The SMILES string of the molecule is CCCC(CS)CN(C)C1CCOC1. The van der Waals surface area contributed by atoms with Crippen molar-refractivity contribution in [2.24, 2.45) is 5.92 Å². The van der Waals surface area contributed by atoms with Crippen molar-refractivity contribution in [2.75, 3.05) is 32.6 Å². The Kier molecular flexibility index (Phi) is 5.90. The zero-order valence-corrected chi connectivity index (χ0v) is 10.3. The molecule has 1 aliphatic rings. The second-order valence-corrected chi connectivity index (χ2v) is 4.66. The summed E-state index contributed by atoms with van der Waals surface area (Å²) in [5.74, 6) is 1.75. The first kappa shape index (κ1) is 12.3. The topological polar surface area (TPSA) is 12.5 Å². The van der Waals surface area contributed by atoms with Crippen molar-refractivity contribution in [1.82, 2.24) is 4.90 Å². The Labute approximate surface area is 93.4 Å². The predicted octanol–water partition coefficient (Wildman–Crippen LogP) is 2.05. The van der Waals surface area contributed by atoms with E-state index in [2.05, 4.69) is 31.5 Å². The van der Waals surface area contributed by atoms with Crippen LogP contribution in [0.1, 0.15) is 26.2 Å². The Morgan fingerprint density at radius 1 is 1.57 bits per heavy atom. The minimum atomic E-state index is 0.647. The van der Waals surface area contributed by atoms with E-state index in [4.69, 9.17) is 4.74 Å². The molecule has 0 amide bonds. The maximum atomic E-state index is 5.39. The molecule has 0 spiro atoms. The van der Waals surface area contributed by atoms with Crippen LogP contribution in [0, 0.1) is 5.92 Å². The molecule has 3 heteroatoms. The first-order valence-electron chi connectivity index (χ1n) is 5.66. The van der Waals surface area contributed by atoms with Gasteiger partial charge in [0.1, 0.15) is 0 Å². The van der Waals surface area contributed by atoms with Crippen LogP contribution in [0.15, 0.2) is 0 Å². The van der Waals surface area contributed by atoms with Crippen LogP contribution in [0.25, 0.3) is 0 Å². The van der Waals surface area contributed by atoms with Gasteiger partial charge in [0.2, 0.25) is 0 Å². The van der Waals surface area contributed by atoms with E-state index >= 15 is 0 Å². The van der Waals surface area contributed by atoms with Gasteiger partial charge in [-0.25, -0.2) is 0 Å². The predicted molar refractivity (Wildman–Crippen MR) is 64.1 cm³/mol.